The van der Waals surface area contributed by atoms with Crippen molar-refractivity contribution in [1.82, 2.24) is 4.98 Å². The molecule has 0 bridgehead atoms. The Morgan fingerprint density at radius 2 is 1.94 bits per heavy atom. The van der Waals surface area contributed by atoms with Crippen LogP contribution < -0.4 is 4.74 Å². The lowest BCUT2D eigenvalue weighted by Gasteiger charge is -2.11. The van der Waals surface area contributed by atoms with Crippen molar-refractivity contribution >= 4 is 22.4 Å². The predicted molar refractivity (Wildman–Crippen MR) is 71.6 cm³/mol. The van der Waals surface area contributed by atoms with Crippen molar-refractivity contribution < 1.29 is 4.74 Å². The molecule has 0 aliphatic carbocycles. The molecule has 1 aromatic carbocycles. The molecule has 3 heteroatoms. The van der Waals surface area contributed by atoms with E-state index in [4.69, 9.17) is 16.3 Å². The van der Waals surface area contributed by atoms with Crippen LogP contribution in [0.5, 0.6) is 5.88 Å². The number of hydrogen-bond donors (Lipinski definition) is 0. The number of ether oxygens (including phenoxy) is 1. The summed E-state index contributed by atoms with van der Waals surface area (Å²) in [7, 11) is 0. The highest BCUT2D eigenvalue weighted by atomic mass is 35.5. The molecule has 0 amide bonds. The van der Waals surface area contributed by atoms with Gasteiger partial charge in [-0.3, -0.25) is 0 Å². The normalized spacial score (nSPS) is 11.1. The maximum absolute atomic E-state index is 5.90. The molecular weight excluding hydrogens is 234 g/mol. The average molecular weight is 250 g/mol. The summed E-state index contributed by atoms with van der Waals surface area (Å²) in [6.07, 6.45) is 1.80. The van der Waals surface area contributed by atoms with Gasteiger partial charge in [-0.1, -0.05) is 32.0 Å². The third-order valence-electron chi connectivity index (χ3n) is 2.54. The number of aromatic nitrogens is 1. The highest BCUT2D eigenvalue weighted by molar-refractivity contribution is 6.18. The molecule has 2 aromatic rings. The van der Waals surface area contributed by atoms with Crippen LogP contribution in [0.3, 0.4) is 0 Å². The molecule has 0 atom stereocenters. The van der Waals surface area contributed by atoms with Gasteiger partial charge in [0.2, 0.25) is 5.88 Å². The van der Waals surface area contributed by atoms with Gasteiger partial charge in [-0.15, -0.1) is 11.6 Å². The molecule has 17 heavy (non-hydrogen) atoms. The predicted octanol–water partition coefficient (Wildman–Crippen LogP) is 4.01. The highest BCUT2D eigenvalue weighted by Gasteiger charge is 2.07. The van der Waals surface area contributed by atoms with Gasteiger partial charge in [-0.2, -0.15) is 0 Å². The molecule has 1 aromatic heterocycles. The molecule has 0 fully saturated rings. The maximum atomic E-state index is 5.90. The van der Waals surface area contributed by atoms with E-state index in [0.29, 0.717) is 24.3 Å². The summed E-state index contributed by atoms with van der Waals surface area (Å²) in [5.74, 6) is 1.66. The Kier molecular flexibility index (Phi) is 3.85. The highest BCUT2D eigenvalue weighted by Crippen LogP contribution is 2.27. The van der Waals surface area contributed by atoms with E-state index in [1.54, 1.807) is 6.20 Å². The Morgan fingerprint density at radius 3 is 2.59 bits per heavy atom. The van der Waals surface area contributed by atoms with Crippen LogP contribution in [0.4, 0.5) is 0 Å². The Bertz CT molecular complexity index is 511. The summed E-state index contributed by atoms with van der Waals surface area (Å²) in [4.78, 5) is 4.34. The van der Waals surface area contributed by atoms with Crippen LogP contribution in [0.1, 0.15) is 19.4 Å². The second-order valence-corrected chi connectivity index (χ2v) is 4.74. The van der Waals surface area contributed by atoms with Crippen LogP contribution in [-0.4, -0.2) is 11.6 Å². The van der Waals surface area contributed by atoms with Gasteiger partial charge in [0, 0.05) is 17.5 Å². The molecule has 2 rings (SSSR count). The Labute approximate surface area is 107 Å². The fraction of sp³-hybridized carbons (Fsp3) is 0.357. The van der Waals surface area contributed by atoms with Gasteiger partial charge in [-0.25, -0.2) is 4.98 Å². The minimum Gasteiger partial charge on any atom is -0.477 e. The maximum Gasteiger partial charge on any atom is 0.221 e. The lowest BCUT2D eigenvalue weighted by molar-refractivity contribution is 0.264. The van der Waals surface area contributed by atoms with Crippen LogP contribution in [0, 0.1) is 5.92 Å². The Balaban J connectivity index is 2.43. The van der Waals surface area contributed by atoms with Crippen molar-refractivity contribution in [2.75, 3.05) is 6.61 Å². The first-order valence-electron chi connectivity index (χ1n) is 5.77. The Hall–Kier alpha value is -1.28. The second-order valence-electron chi connectivity index (χ2n) is 4.47. The van der Waals surface area contributed by atoms with Crippen molar-refractivity contribution in [3.8, 4) is 5.88 Å². The van der Waals surface area contributed by atoms with Crippen molar-refractivity contribution in [2.45, 2.75) is 19.7 Å². The topological polar surface area (TPSA) is 22.1 Å². The van der Waals surface area contributed by atoms with Gasteiger partial charge in [-0.05, 0) is 22.9 Å². The number of alkyl halides is 1. The number of rotatable bonds is 4. The number of hydrogen-bond acceptors (Lipinski definition) is 2. The third-order valence-corrected chi connectivity index (χ3v) is 2.83. The smallest absolute Gasteiger partial charge is 0.221 e. The van der Waals surface area contributed by atoms with E-state index in [1.165, 1.54) is 0 Å². The summed E-state index contributed by atoms with van der Waals surface area (Å²) in [6.45, 7) is 4.92. The van der Waals surface area contributed by atoms with Crippen molar-refractivity contribution in [2.24, 2.45) is 5.92 Å². The summed E-state index contributed by atoms with van der Waals surface area (Å²) in [5.41, 5.74) is 1.04. The van der Waals surface area contributed by atoms with E-state index in [0.717, 1.165) is 16.3 Å². The van der Waals surface area contributed by atoms with Crippen molar-refractivity contribution in [1.29, 1.82) is 0 Å². The zero-order valence-electron chi connectivity index (χ0n) is 10.1. The van der Waals surface area contributed by atoms with E-state index in [-0.39, 0.29) is 0 Å². The van der Waals surface area contributed by atoms with E-state index >= 15 is 0 Å². The van der Waals surface area contributed by atoms with Gasteiger partial charge >= 0.3 is 0 Å². The molecule has 0 spiro atoms. The van der Waals surface area contributed by atoms with Crippen LogP contribution >= 0.6 is 11.6 Å². The lowest BCUT2D eigenvalue weighted by Crippen LogP contribution is -2.06. The zero-order chi connectivity index (χ0) is 12.3. The molecule has 0 saturated heterocycles. The number of fused-ring (bicyclic) bond motifs is 1. The van der Waals surface area contributed by atoms with Crippen LogP contribution in [0.25, 0.3) is 10.8 Å². The van der Waals surface area contributed by atoms with E-state index in [1.807, 2.05) is 18.2 Å². The molecule has 0 radical (unpaired) electrons. The summed E-state index contributed by atoms with van der Waals surface area (Å²) >= 11 is 5.90. The van der Waals surface area contributed by atoms with Gasteiger partial charge in [0.05, 0.1) is 6.61 Å². The fourth-order valence-corrected chi connectivity index (χ4v) is 1.91. The van der Waals surface area contributed by atoms with Crippen LogP contribution in [0.2, 0.25) is 0 Å². The summed E-state index contributed by atoms with van der Waals surface area (Å²) in [5, 5.41) is 2.16. The molecule has 2 nitrogen and oxygen atoms in total. The third kappa shape index (κ3) is 2.70. The first-order chi connectivity index (χ1) is 8.22. The van der Waals surface area contributed by atoms with E-state index in [9.17, 15) is 0 Å². The molecule has 1 heterocycles. The van der Waals surface area contributed by atoms with Gasteiger partial charge in [0.1, 0.15) is 0 Å². The molecule has 90 valence electrons. The first kappa shape index (κ1) is 12.2. The Morgan fingerprint density at radius 1 is 1.24 bits per heavy atom. The lowest BCUT2D eigenvalue weighted by atomic mass is 10.1. The largest absolute Gasteiger partial charge is 0.477 e. The summed E-state index contributed by atoms with van der Waals surface area (Å²) < 4.78 is 5.73. The van der Waals surface area contributed by atoms with Crippen LogP contribution in [-0.2, 0) is 5.88 Å². The zero-order valence-corrected chi connectivity index (χ0v) is 10.9. The van der Waals surface area contributed by atoms with Gasteiger partial charge in [0.25, 0.3) is 0 Å². The minimum atomic E-state index is 0.470. The minimum absolute atomic E-state index is 0.470. The van der Waals surface area contributed by atoms with E-state index < -0.39 is 0 Å². The molecule has 0 saturated carbocycles. The standard InChI is InChI=1S/C14H16ClNO/c1-10(2)9-17-14-13-6-4-3-5-12(13)11(7-15)8-16-14/h3-6,8,10H,7,9H2,1-2H3. The summed E-state index contributed by atoms with van der Waals surface area (Å²) in [6, 6.07) is 8.07. The van der Waals surface area contributed by atoms with Gasteiger partial charge in [0.15, 0.2) is 0 Å². The number of pyridine rings is 1. The first-order valence-corrected chi connectivity index (χ1v) is 6.31. The van der Waals surface area contributed by atoms with Crippen LogP contribution in [0.15, 0.2) is 30.5 Å². The molecule has 0 aliphatic heterocycles. The van der Waals surface area contributed by atoms with Crippen molar-refractivity contribution in [3.63, 3.8) is 0 Å². The fourth-order valence-electron chi connectivity index (χ4n) is 1.69. The number of benzene rings is 1. The SMILES string of the molecule is CC(C)COc1ncc(CCl)c2ccccc12. The van der Waals surface area contributed by atoms with E-state index in [2.05, 4.69) is 24.9 Å². The van der Waals surface area contributed by atoms with Gasteiger partial charge < -0.3 is 4.74 Å². The van der Waals surface area contributed by atoms with Crippen molar-refractivity contribution in [3.05, 3.63) is 36.0 Å². The average Bonchev–Trinajstić information content (AvgIpc) is 2.35. The molecule has 0 N–H and O–H groups in total. The molecule has 0 aliphatic rings. The second kappa shape index (κ2) is 5.37. The quantitative estimate of drug-likeness (QED) is 0.764. The molecular formula is C14H16ClNO. The number of nitrogens with zero attached hydrogens (tertiary/aromatic N) is 1. The monoisotopic (exact) mass is 249 g/mol. The molecule has 0 unspecified atom stereocenters. The number of halogens is 1.